The van der Waals surface area contributed by atoms with Gasteiger partial charge in [-0.1, -0.05) is 27.2 Å². The van der Waals surface area contributed by atoms with Gasteiger partial charge in [-0.2, -0.15) is 0 Å². The molecule has 0 radical (unpaired) electrons. The van der Waals surface area contributed by atoms with E-state index in [0.29, 0.717) is 18.9 Å². The number of nitrogens with one attached hydrogen (secondary N) is 2. The number of carbonyl (C=O) groups is 2. The van der Waals surface area contributed by atoms with Gasteiger partial charge < -0.3 is 15.7 Å². The standard InChI is InChI=1S/C12H24N2O3/c1-5-8(2)7-14-11(15)9(3)6-10(13-4)12(16)17/h8-10,13H,5-7H2,1-4H3,(H,14,15)(H,16,17)/t8?,9?,10-/m0/s1. The van der Waals surface area contributed by atoms with Gasteiger partial charge in [0.15, 0.2) is 0 Å². The van der Waals surface area contributed by atoms with Crippen molar-refractivity contribution in [3.8, 4) is 0 Å². The fourth-order valence-electron chi connectivity index (χ4n) is 1.40. The average molecular weight is 244 g/mol. The minimum atomic E-state index is -0.922. The number of hydrogen-bond donors (Lipinski definition) is 3. The zero-order valence-corrected chi connectivity index (χ0v) is 11.1. The molecule has 5 heteroatoms. The van der Waals surface area contributed by atoms with Crippen molar-refractivity contribution < 1.29 is 14.7 Å². The van der Waals surface area contributed by atoms with Crippen molar-refractivity contribution in [2.45, 2.75) is 39.7 Å². The number of carboxylic acids is 1. The molecule has 5 nitrogen and oxygen atoms in total. The third-order valence-electron chi connectivity index (χ3n) is 3.01. The number of carboxylic acid groups (broad SMARTS) is 1. The predicted molar refractivity (Wildman–Crippen MR) is 66.7 cm³/mol. The number of hydrogen-bond acceptors (Lipinski definition) is 3. The fourth-order valence-corrected chi connectivity index (χ4v) is 1.40. The summed E-state index contributed by atoms with van der Waals surface area (Å²) in [6.07, 6.45) is 1.32. The van der Waals surface area contributed by atoms with Gasteiger partial charge in [0.25, 0.3) is 0 Å². The summed E-state index contributed by atoms with van der Waals surface area (Å²) >= 11 is 0. The first kappa shape index (κ1) is 15.9. The van der Waals surface area contributed by atoms with Crippen LogP contribution in [-0.4, -0.2) is 36.6 Å². The molecule has 0 fully saturated rings. The Hall–Kier alpha value is -1.10. The lowest BCUT2D eigenvalue weighted by atomic mass is 10.0. The zero-order valence-electron chi connectivity index (χ0n) is 11.1. The molecule has 0 aromatic carbocycles. The molecule has 0 aliphatic heterocycles. The molecule has 1 amide bonds. The Morgan fingerprint density at radius 3 is 2.29 bits per heavy atom. The Morgan fingerprint density at radius 2 is 1.88 bits per heavy atom. The van der Waals surface area contributed by atoms with Crippen molar-refractivity contribution in [3.63, 3.8) is 0 Å². The molecule has 17 heavy (non-hydrogen) atoms. The number of carbonyl (C=O) groups excluding carboxylic acids is 1. The highest BCUT2D eigenvalue weighted by Crippen LogP contribution is 2.07. The molecule has 3 atom stereocenters. The van der Waals surface area contributed by atoms with Crippen LogP contribution in [0.25, 0.3) is 0 Å². The lowest BCUT2D eigenvalue weighted by Gasteiger charge is -2.18. The van der Waals surface area contributed by atoms with Crippen LogP contribution in [0.2, 0.25) is 0 Å². The summed E-state index contributed by atoms with van der Waals surface area (Å²) in [5, 5.41) is 14.4. The molecule has 0 saturated heterocycles. The van der Waals surface area contributed by atoms with E-state index in [4.69, 9.17) is 5.11 Å². The highest BCUT2D eigenvalue weighted by Gasteiger charge is 2.22. The Balaban J connectivity index is 4.08. The maximum absolute atomic E-state index is 11.7. The molecule has 0 saturated carbocycles. The van der Waals surface area contributed by atoms with Gasteiger partial charge in [0.2, 0.25) is 5.91 Å². The van der Waals surface area contributed by atoms with Gasteiger partial charge in [-0.15, -0.1) is 0 Å². The molecule has 0 heterocycles. The highest BCUT2D eigenvalue weighted by atomic mass is 16.4. The summed E-state index contributed by atoms with van der Waals surface area (Å²) in [5.41, 5.74) is 0. The molecule has 2 unspecified atom stereocenters. The van der Waals surface area contributed by atoms with E-state index in [1.54, 1.807) is 14.0 Å². The van der Waals surface area contributed by atoms with Crippen LogP contribution in [0.4, 0.5) is 0 Å². The van der Waals surface area contributed by atoms with E-state index in [1.165, 1.54) is 0 Å². The number of aliphatic carboxylic acids is 1. The van der Waals surface area contributed by atoms with Crippen molar-refractivity contribution in [2.75, 3.05) is 13.6 Å². The molecule has 0 spiro atoms. The molecule has 100 valence electrons. The van der Waals surface area contributed by atoms with Crippen LogP contribution in [0.3, 0.4) is 0 Å². The van der Waals surface area contributed by atoms with Gasteiger partial charge in [0.1, 0.15) is 6.04 Å². The van der Waals surface area contributed by atoms with E-state index < -0.39 is 12.0 Å². The van der Waals surface area contributed by atoms with Gasteiger partial charge >= 0.3 is 5.97 Å². The van der Waals surface area contributed by atoms with E-state index in [-0.39, 0.29) is 11.8 Å². The highest BCUT2D eigenvalue weighted by molar-refractivity contribution is 5.80. The smallest absolute Gasteiger partial charge is 0.320 e. The Labute approximate surface area is 103 Å². The molecule has 0 aliphatic rings. The zero-order chi connectivity index (χ0) is 13.4. The molecule has 0 aromatic rings. The minimum absolute atomic E-state index is 0.0770. The third kappa shape index (κ3) is 6.26. The van der Waals surface area contributed by atoms with Crippen molar-refractivity contribution in [2.24, 2.45) is 11.8 Å². The largest absolute Gasteiger partial charge is 0.480 e. The first-order chi connectivity index (χ1) is 7.92. The van der Waals surface area contributed by atoms with Crippen LogP contribution in [0.1, 0.15) is 33.6 Å². The second-order valence-electron chi connectivity index (χ2n) is 4.57. The van der Waals surface area contributed by atoms with Crippen LogP contribution in [0.15, 0.2) is 0 Å². The number of rotatable bonds is 8. The molecular formula is C12H24N2O3. The van der Waals surface area contributed by atoms with Crippen LogP contribution >= 0.6 is 0 Å². The SMILES string of the molecule is CCC(C)CNC(=O)C(C)C[C@H](NC)C(=O)O. The van der Waals surface area contributed by atoms with E-state index >= 15 is 0 Å². The average Bonchev–Trinajstić information content (AvgIpc) is 2.31. The van der Waals surface area contributed by atoms with Crippen LogP contribution < -0.4 is 10.6 Å². The van der Waals surface area contributed by atoms with E-state index in [0.717, 1.165) is 6.42 Å². The van der Waals surface area contributed by atoms with Gasteiger partial charge in [-0.25, -0.2) is 0 Å². The number of amides is 1. The van der Waals surface area contributed by atoms with Crippen molar-refractivity contribution in [1.82, 2.24) is 10.6 Å². The topological polar surface area (TPSA) is 78.4 Å². The monoisotopic (exact) mass is 244 g/mol. The molecular weight excluding hydrogens is 220 g/mol. The summed E-state index contributed by atoms with van der Waals surface area (Å²) in [7, 11) is 1.59. The second-order valence-corrected chi connectivity index (χ2v) is 4.57. The number of likely N-dealkylation sites (N-methyl/N-ethyl adjacent to an activating group) is 1. The van der Waals surface area contributed by atoms with E-state index in [2.05, 4.69) is 24.5 Å². The first-order valence-electron chi connectivity index (χ1n) is 6.10. The van der Waals surface area contributed by atoms with Crippen molar-refractivity contribution in [3.05, 3.63) is 0 Å². The quantitative estimate of drug-likeness (QED) is 0.591. The van der Waals surface area contributed by atoms with E-state index in [9.17, 15) is 9.59 Å². The van der Waals surface area contributed by atoms with Crippen molar-refractivity contribution in [1.29, 1.82) is 0 Å². The second kappa shape index (κ2) is 8.06. The van der Waals surface area contributed by atoms with Crippen LogP contribution in [0, 0.1) is 11.8 Å². The summed E-state index contributed by atoms with van der Waals surface area (Å²) in [5.74, 6) is -0.848. The fraction of sp³-hybridized carbons (Fsp3) is 0.833. The van der Waals surface area contributed by atoms with Crippen molar-refractivity contribution >= 4 is 11.9 Å². The third-order valence-corrected chi connectivity index (χ3v) is 3.01. The van der Waals surface area contributed by atoms with Gasteiger partial charge in [0.05, 0.1) is 0 Å². The van der Waals surface area contributed by atoms with Gasteiger partial charge in [0, 0.05) is 12.5 Å². The predicted octanol–water partition coefficient (Wildman–Crippen LogP) is 0.848. The summed E-state index contributed by atoms with van der Waals surface area (Å²) in [6, 6.07) is -0.667. The maximum atomic E-state index is 11.7. The molecule has 3 N–H and O–H groups in total. The molecule has 0 rings (SSSR count). The Morgan fingerprint density at radius 1 is 1.29 bits per heavy atom. The van der Waals surface area contributed by atoms with Gasteiger partial charge in [-0.3, -0.25) is 9.59 Å². The molecule has 0 bridgehead atoms. The lowest BCUT2D eigenvalue weighted by molar-refractivity contribution is -0.140. The minimum Gasteiger partial charge on any atom is -0.480 e. The maximum Gasteiger partial charge on any atom is 0.320 e. The van der Waals surface area contributed by atoms with Crippen LogP contribution in [-0.2, 0) is 9.59 Å². The van der Waals surface area contributed by atoms with E-state index in [1.807, 2.05) is 0 Å². The Bertz CT molecular complexity index is 256. The van der Waals surface area contributed by atoms with Crippen LogP contribution in [0.5, 0.6) is 0 Å². The van der Waals surface area contributed by atoms with Gasteiger partial charge in [-0.05, 0) is 19.4 Å². The normalized spacial score (nSPS) is 16.0. The molecule has 0 aliphatic carbocycles. The Kier molecular flexibility index (Phi) is 7.54. The first-order valence-corrected chi connectivity index (χ1v) is 6.10. The summed E-state index contributed by atoms with van der Waals surface area (Å²) in [6.45, 7) is 6.54. The lowest BCUT2D eigenvalue weighted by Crippen LogP contribution is -2.40. The summed E-state index contributed by atoms with van der Waals surface area (Å²) < 4.78 is 0. The summed E-state index contributed by atoms with van der Waals surface area (Å²) in [4.78, 5) is 22.5. The molecule has 0 aromatic heterocycles.